The van der Waals surface area contributed by atoms with E-state index in [1.807, 2.05) is 0 Å². The minimum Gasteiger partial charge on any atom is -0.291 e. The first-order valence-electron chi connectivity index (χ1n) is 6.84. The number of carbonyl (C=O) groups is 3. The third-order valence-electron chi connectivity index (χ3n) is 3.74. The number of nitrogens with one attached hydrogen (secondary N) is 2. The van der Waals surface area contributed by atoms with Crippen LogP contribution in [-0.2, 0) is 0 Å². The second kappa shape index (κ2) is 4.48. The fraction of sp³-hybridized carbons (Fsp3) is 0.214. The highest BCUT2D eigenvalue weighted by atomic mass is 16.2. The molecular weight excluding hydrogens is 286 g/mol. The number of hydrogen-bond acceptors (Lipinski definition) is 5. The Kier molecular flexibility index (Phi) is 2.59. The summed E-state index contributed by atoms with van der Waals surface area (Å²) in [7, 11) is 0. The average Bonchev–Trinajstić information content (AvgIpc) is 3.15. The predicted octanol–water partition coefficient (Wildman–Crippen LogP) is 0.815. The van der Waals surface area contributed by atoms with Crippen LogP contribution in [-0.4, -0.2) is 43.8 Å². The molecular formula is C14H11N5O3. The van der Waals surface area contributed by atoms with Crippen molar-refractivity contribution in [1.29, 1.82) is 0 Å². The van der Waals surface area contributed by atoms with Crippen LogP contribution in [0.3, 0.4) is 0 Å². The van der Waals surface area contributed by atoms with Gasteiger partial charge in [-0.2, -0.15) is 10.1 Å². The standard InChI is InChI=1S/C14H11N5O3/c20-11(17-14-15-6-16-18-14)7-1-4-9-10(5-7)13(22)19(12(9)21)8-2-3-8/h1,4-6,8H,2-3H2,(H2,15,16,17,18,20). The summed E-state index contributed by atoms with van der Waals surface area (Å²) in [6.07, 6.45) is 2.97. The van der Waals surface area contributed by atoms with E-state index in [0.717, 1.165) is 12.8 Å². The lowest BCUT2D eigenvalue weighted by molar-refractivity contribution is 0.0642. The molecule has 0 radical (unpaired) electrons. The van der Waals surface area contributed by atoms with Gasteiger partial charge in [-0.1, -0.05) is 0 Å². The van der Waals surface area contributed by atoms with Crippen LogP contribution in [0.15, 0.2) is 24.5 Å². The normalized spacial score (nSPS) is 16.8. The van der Waals surface area contributed by atoms with Gasteiger partial charge in [0, 0.05) is 11.6 Å². The number of carbonyl (C=O) groups excluding carboxylic acids is 3. The molecule has 1 saturated carbocycles. The lowest BCUT2D eigenvalue weighted by atomic mass is 10.1. The molecule has 3 amide bonds. The largest absolute Gasteiger partial charge is 0.291 e. The van der Waals surface area contributed by atoms with Crippen molar-refractivity contribution < 1.29 is 14.4 Å². The number of aromatic amines is 1. The minimum atomic E-state index is -0.426. The van der Waals surface area contributed by atoms with E-state index >= 15 is 0 Å². The van der Waals surface area contributed by atoms with Gasteiger partial charge in [-0.05, 0) is 31.0 Å². The lowest BCUT2D eigenvalue weighted by Crippen LogP contribution is -2.31. The summed E-state index contributed by atoms with van der Waals surface area (Å²) >= 11 is 0. The molecule has 1 fully saturated rings. The molecule has 22 heavy (non-hydrogen) atoms. The molecule has 8 heteroatoms. The number of H-pyrrole nitrogens is 1. The van der Waals surface area contributed by atoms with Gasteiger partial charge >= 0.3 is 0 Å². The minimum absolute atomic E-state index is 0.0128. The fourth-order valence-corrected chi connectivity index (χ4v) is 2.51. The maximum Gasteiger partial charge on any atom is 0.261 e. The number of imide groups is 1. The number of fused-ring (bicyclic) bond motifs is 1. The van der Waals surface area contributed by atoms with Gasteiger partial charge in [0.25, 0.3) is 17.7 Å². The number of rotatable bonds is 3. The maximum absolute atomic E-state index is 12.3. The van der Waals surface area contributed by atoms with Gasteiger partial charge in [-0.15, -0.1) is 0 Å². The Balaban J connectivity index is 1.64. The van der Waals surface area contributed by atoms with E-state index in [-0.39, 0.29) is 34.9 Å². The van der Waals surface area contributed by atoms with Crippen molar-refractivity contribution in [2.24, 2.45) is 0 Å². The lowest BCUT2D eigenvalue weighted by Gasteiger charge is -2.11. The molecule has 1 aliphatic heterocycles. The molecule has 2 N–H and O–H groups in total. The first kappa shape index (κ1) is 12.7. The molecule has 0 atom stereocenters. The molecule has 0 saturated heterocycles. The maximum atomic E-state index is 12.3. The molecule has 110 valence electrons. The van der Waals surface area contributed by atoms with E-state index in [0.29, 0.717) is 5.56 Å². The molecule has 0 spiro atoms. The van der Waals surface area contributed by atoms with Crippen LogP contribution < -0.4 is 5.32 Å². The summed E-state index contributed by atoms with van der Waals surface area (Å²) in [4.78, 5) is 41.7. The van der Waals surface area contributed by atoms with Crippen LogP contribution in [0.5, 0.6) is 0 Å². The molecule has 2 aromatic rings. The molecule has 1 aromatic carbocycles. The predicted molar refractivity (Wildman–Crippen MR) is 74.3 cm³/mol. The van der Waals surface area contributed by atoms with Crippen LogP contribution in [0.1, 0.15) is 43.9 Å². The van der Waals surface area contributed by atoms with Crippen molar-refractivity contribution in [3.63, 3.8) is 0 Å². The van der Waals surface area contributed by atoms with Gasteiger partial charge in [0.15, 0.2) is 0 Å². The van der Waals surface area contributed by atoms with E-state index in [2.05, 4.69) is 20.5 Å². The second-order valence-electron chi connectivity index (χ2n) is 5.26. The fourth-order valence-electron chi connectivity index (χ4n) is 2.51. The van der Waals surface area contributed by atoms with Crippen molar-refractivity contribution in [3.8, 4) is 0 Å². The van der Waals surface area contributed by atoms with Crippen LogP contribution in [0.4, 0.5) is 5.95 Å². The monoisotopic (exact) mass is 297 g/mol. The zero-order chi connectivity index (χ0) is 15.3. The molecule has 4 rings (SSSR count). The van der Waals surface area contributed by atoms with Gasteiger partial charge in [0.2, 0.25) is 5.95 Å². The highest BCUT2D eigenvalue weighted by Gasteiger charge is 2.44. The summed E-state index contributed by atoms with van der Waals surface area (Å²) in [5.41, 5.74) is 0.921. The number of benzene rings is 1. The Hall–Kier alpha value is -3.03. The highest BCUT2D eigenvalue weighted by molar-refractivity contribution is 6.22. The molecule has 1 aliphatic carbocycles. The number of amides is 3. The first-order valence-corrected chi connectivity index (χ1v) is 6.84. The van der Waals surface area contributed by atoms with Gasteiger partial charge < -0.3 is 0 Å². The van der Waals surface area contributed by atoms with Crippen molar-refractivity contribution >= 4 is 23.7 Å². The van der Waals surface area contributed by atoms with Gasteiger partial charge in [-0.3, -0.25) is 24.6 Å². The number of aromatic nitrogens is 3. The molecule has 2 heterocycles. The second-order valence-corrected chi connectivity index (χ2v) is 5.26. The SMILES string of the molecule is O=C(Nc1ncn[nH]1)c1ccc2c(c1)C(=O)N(C1CC1)C2=O. The Morgan fingerprint density at radius 3 is 2.68 bits per heavy atom. The Labute approximate surface area is 124 Å². The summed E-state index contributed by atoms with van der Waals surface area (Å²) in [6.45, 7) is 0. The first-order chi connectivity index (χ1) is 10.6. The van der Waals surface area contributed by atoms with Crippen molar-refractivity contribution in [2.45, 2.75) is 18.9 Å². The third-order valence-corrected chi connectivity index (χ3v) is 3.74. The molecule has 8 nitrogen and oxygen atoms in total. The van der Waals surface area contributed by atoms with Gasteiger partial charge in [-0.25, -0.2) is 5.10 Å². The zero-order valence-corrected chi connectivity index (χ0v) is 11.4. The molecule has 2 aliphatic rings. The number of hydrogen-bond donors (Lipinski definition) is 2. The van der Waals surface area contributed by atoms with Crippen molar-refractivity contribution in [1.82, 2.24) is 20.1 Å². The van der Waals surface area contributed by atoms with Crippen LogP contribution >= 0.6 is 0 Å². The Morgan fingerprint density at radius 1 is 1.23 bits per heavy atom. The van der Waals surface area contributed by atoms with Crippen LogP contribution in [0.2, 0.25) is 0 Å². The summed E-state index contributed by atoms with van der Waals surface area (Å²) in [6, 6.07) is 4.50. The summed E-state index contributed by atoms with van der Waals surface area (Å²) < 4.78 is 0. The third kappa shape index (κ3) is 1.88. The van der Waals surface area contributed by atoms with E-state index in [1.165, 1.54) is 29.4 Å². The van der Waals surface area contributed by atoms with Crippen LogP contribution in [0.25, 0.3) is 0 Å². The van der Waals surface area contributed by atoms with E-state index in [4.69, 9.17) is 0 Å². The Bertz CT molecular complexity index is 795. The van der Waals surface area contributed by atoms with Crippen LogP contribution in [0, 0.1) is 0 Å². The highest BCUT2D eigenvalue weighted by Crippen LogP contribution is 2.34. The van der Waals surface area contributed by atoms with E-state index < -0.39 is 5.91 Å². The van der Waals surface area contributed by atoms with Crippen molar-refractivity contribution in [2.75, 3.05) is 5.32 Å². The zero-order valence-electron chi connectivity index (χ0n) is 11.4. The quantitative estimate of drug-likeness (QED) is 0.815. The van der Waals surface area contributed by atoms with E-state index in [1.54, 1.807) is 0 Å². The Morgan fingerprint density at radius 2 is 2.00 bits per heavy atom. The number of nitrogens with zero attached hydrogens (tertiary/aromatic N) is 3. The van der Waals surface area contributed by atoms with Gasteiger partial charge in [0.1, 0.15) is 6.33 Å². The van der Waals surface area contributed by atoms with Gasteiger partial charge in [0.05, 0.1) is 11.1 Å². The molecule has 1 aromatic heterocycles. The summed E-state index contributed by atoms with van der Waals surface area (Å²) in [5.74, 6) is -0.807. The topological polar surface area (TPSA) is 108 Å². The average molecular weight is 297 g/mol. The van der Waals surface area contributed by atoms with E-state index in [9.17, 15) is 14.4 Å². The molecule has 0 bridgehead atoms. The van der Waals surface area contributed by atoms with Crippen molar-refractivity contribution in [3.05, 3.63) is 41.2 Å². The molecule has 0 unspecified atom stereocenters. The summed E-state index contributed by atoms with van der Waals surface area (Å²) in [5, 5.41) is 8.67. The number of anilines is 1. The smallest absolute Gasteiger partial charge is 0.261 e.